The minimum absolute atomic E-state index is 0.212. The third-order valence-corrected chi connectivity index (χ3v) is 10.2. The third kappa shape index (κ3) is 7.74. The second-order valence-electron chi connectivity index (χ2n) is 13.0. The number of primary amides is 1. The van der Waals surface area contributed by atoms with Crippen molar-refractivity contribution in [3.63, 3.8) is 0 Å². The van der Waals surface area contributed by atoms with Gasteiger partial charge in [0.2, 0.25) is 18.0 Å². The molecular formula is C40H40Cl2N4O3. The highest BCUT2D eigenvalue weighted by molar-refractivity contribution is 6.36. The van der Waals surface area contributed by atoms with Gasteiger partial charge in [-0.15, -0.1) is 0 Å². The Morgan fingerprint density at radius 2 is 1.63 bits per heavy atom. The summed E-state index contributed by atoms with van der Waals surface area (Å²) in [5.41, 5.74) is 11.3. The summed E-state index contributed by atoms with van der Waals surface area (Å²) in [6, 6.07) is 30.5. The fourth-order valence-corrected chi connectivity index (χ4v) is 7.41. The molecule has 0 spiro atoms. The normalized spacial score (nSPS) is 17.3. The zero-order valence-corrected chi connectivity index (χ0v) is 29.0. The largest absolute Gasteiger partial charge is 0.369 e. The minimum Gasteiger partial charge on any atom is -0.369 e. The van der Waals surface area contributed by atoms with Crippen LogP contribution >= 0.6 is 23.2 Å². The second-order valence-corrected chi connectivity index (χ2v) is 13.8. The van der Waals surface area contributed by atoms with Crippen molar-refractivity contribution in [2.75, 3.05) is 4.90 Å². The summed E-state index contributed by atoms with van der Waals surface area (Å²) in [5, 5.41) is 4.07. The number of nitrogens with zero attached hydrogens (tertiary/aromatic N) is 2. The molecule has 252 valence electrons. The number of anilines is 1. The molecular weight excluding hydrogens is 655 g/mol. The molecule has 0 aromatic heterocycles. The van der Waals surface area contributed by atoms with Crippen LogP contribution in [-0.2, 0) is 20.9 Å². The monoisotopic (exact) mass is 694 g/mol. The van der Waals surface area contributed by atoms with Gasteiger partial charge in [-0.3, -0.25) is 14.4 Å². The molecule has 49 heavy (non-hydrogen) atoms. The van der Waals surface area contributed by atoms with Gasteiger partial charge in [0.1, 0.15) is 0 Å². The Kier molecular flexibility index (Phi) is 10.8. The van der Waals surface area contributed by atoms with E-state index in [-0.39, 0.29) is 18.4 Å². The fourth-order valence-electron chi connectivity index (χ4n) is 6.89. The zero-order chi connectivity index (χ0) is 34.5. The van der Waals surface area contributed by atoms with Crippen molar-refractivity contribution in [3.05, 3.63) is 124 Å². The first-order chi connectivity index (χ1) is 23.7. The standard InChI is InChI=1S/C40H40Cl2N4O3/c1-2-10-31(37(43)47)33(22-25-11-8-12-25)39(48)45-38-40(49)46(24-26-13-9-16-28(21-26)30-20-19-29(41)23-34(30)42)35-18-7-6-17-32(35)36(44-38)27-14-4-3-5-15-27/h3-7,9,13-21,23,25,31,33,38H,2,8,10-12,22,24H2,1H3,(H2,43,47)(H,45,48). The molecule has 7 nitrogen and oxygen atoms in total. The summed E-state index contributed by atoms with van der Waals surface area (Å²) < 4.78 is 0. The maximum Gasteiger partial charge on any atom is 0.272 e. The highest BCUT2D eigenvalue weighted by Crippen LogP contribution is 2.37. The van der Waals surface area contributed by atoms with E-state index in [0.29, 0.717) is 46.6 Å². The van der Waals surface area contributed by atoms with Crippen LogP contribution in [0.15, 0.2) is 102 Å². The fraction of sp³-hybridized carbons (Fsp3) is 0.300. The van der Waals surface area contributed by atoms with E-state index in [1.54, 1.807) is 17.0 Å². The number of carbonyl (C=O) groups is 3. The summed E-state index contributed by atoms with van der Waals surface area (Å²) in [4.78, 5) is 48.2. The average molecular weight is 696 g/mol. The number of rotatable bonds is 12. The topological polar surface area (TPSA) is 105 Å². The Bertz CT molecular complexity index is 1870. The van der Waals surface area contributed by atoms with E-state index in [4.69, 9.17) is 33.9 Å². The van der Waals surface area contributed by atoms with Crippen LogP contribution in [0.3, 0.4) is 0 Å². The molecule has 1 aliphatic heterocycles. The molecule has 1 fully saturated rings. The number of fused-ring (bicyclic) bond motifs is 1. The number of hydrogen-bond donors (Lipinski definition) is 2. The Labute approximate surface area is 297 Å². The van der Waals surface area contributed by atoms with Gasteiger partial charge < -0.3 is 16.0 Å². The number of hydrogen-bond acceptors (Lipinski definition) is 4. The number of benzodiazepines with no additional fused rings is 1. The van der Waals surface area contributed by atoms with Gasteiger partial charge in [-0.05, 0) is 54.2 Å². The van der Waals surface area contributed by atoms with Crippen molar-refractivity contribution in [2.24, 2.45) is 28.5 Å². The van der Waals surface area contributed by atoms with Crippen molar-refractivity contribution < 1.29 is 14.4 Å². The van der Waals surface area contributed by atoms with Crippen LogP contribution in [0.4, 0.5) is 5.69 Å². The van der Waals surface area contributed by atoms with Crippen molar-refractivity contribution in [1.82, 2.24) is 5.32 Å². The number of benzene rings is 4. The number of carbonyl (C=O) groups excluding carboxylic acids is 3. The average Bonchev–Trinajstić information content (AvgIpc) is 3.18. The second kappa shape index (κ2) is 15.4. The molecule has 0 bridgehead atoms. The summed E-state index contributed by atoms with van der Waals surface area (Å²) in [6.07, 6.45) is 3.68. The van der Waals surface area contributed by atoms with Gasteiger partial charge in [-0.1, -0.05) is 129 Å². The lowest BCUT2D eigenvalue weighted by atomic mass is 9.74. The van der Waals surface area contributed by atoms with E-state index in [0.717, 1.165) is 47.1 Å². The number of amides is 3. The van der Waals surface area contributed by atoms with E-state index < -0.39 is 23.9 Å². The first-order valence-corrected chi connectivity index (χ1v) is 17.7. The SMILES string of the molecule is CCCC(C(N)=O)C(CC1CCC1)C(=O)NC1N=C(c2ccccc2)c2ccccc2N(Cc2cccc(-c3ccc(Cl)cc3Cl)c2)C1=O. The molecule has 0 radical (unpaired) electrons. The molecule has 4 aromatic carbocycles. The molecule has 2 aliphatic rings. The summed E-state index contributed by atoms with van der Waals surface area (Å²) in [7, 11) is 0. The predicted octanol–water partition coefficient (Wildman–Crippen LogP) is 8.19. The minimum atomic E-state index is -1.23. The van der Waals surface area contributed by atoms with Crippen LogP contribution in [0.1, 0.15) is 62.1 Å². The summed E-state index contributed by atoms with van der Waals surface area (Å²) in [5.74, 6) is -2.16. The summed E-state index contributed by atoms with van der Waals surface area (Å²) in [6.45, 7) is 2.19. The molecule has 9 heteroatoms. The Hall–Kier alpha value is -4.46. The van der Waals surface area contributed by atoms with Crippen LogP contribution in [0.2, 0.25) is 10.0 Å². The maximum absolute atomic E-state index is 14.7. The lowest BCUT2D eigenvalue weighted by Gasteiger charge is -2.33. The smallest absolute Gasteiger partial charge is 0.272 e. The highest BCUT2D eigenvalue weighted by atomic mass is 35.5. The van der Waals surface area contributed by atoms with Crippen LogP contribution in [-0.4, -0.2) is 29.6 Å². The van der Waals surface area contributed by atoms with Gasteiger partial charge in [0.05, 0.1) is 17.9 Å². The molecule has 3 amide bonds. The number of para-hydroxylation sites is 1. The van der Waals surface area contributed by atoms with Gasteiger partial charge in [-0.25, -0.2) is 4.99 Å². The van der Waals surface area contributed by atoms with Crippen LogP contribution in [0, 0.1) is 17.8 Å². The van der Waals surface area contributed by atoms with Crippen molar-refractivity contribution in [3.8, 4) is 11.1 Å². The van der Waals surface area contributed by atoms with E-state index in [1.807, 2.05) is 91.9 Å². The number of nitrogens with one attached hydrogen (secondary N) is 1. The van der Waals surface area contributed by atoms with E-state index in [2.05, 4.69) is 5.32 Å². The molecule has 1 aliphatic carbocycles. The van der Waals surface area contributed by atoms with E-state index in [9.17, 15) is 14.4 Å². The van der Waals surface area contributed by atoms with Gasteiger partial charge in [0.15, 0.2) is 0 Å². The molecule has 3 N–H and O–H groups in total. The van der Waals surface area contributed by atoms with Crippen molar-refractivity contribution >= 4 is 52.3 Å². The highest BCUT2D eigenvalue weighted by Gasteiger charge is 2.39. The van der Waals surface area contributed by atoms with Crippen molar-refractivity contribution in [1.29, 1.82) is 0 Å². The predicted molar refractivity (Wildman–Crippen MR) is 197 cm³/mol. The Morgan fingerprint density at radius 1 is 0.898 bits per heavy atom. The van der Waals surface area contributed by atoms with Crippen LogP contribution in [0.25, 0.3) is 11.1 Å². The quantitative estimate of drug-likeness (QED) is 0.156. The maximum atomic E-state index is 14.7. The molecule has 0 saturated heterocycles. The van der Waals surface area contributed by atoms with Gasteiger partial charge in [0.25, 0.3) is 5.91 Å². The zero-order valence-electron chi connectivity index (χ0n) is 27.4. The number of aliphatic imine (C=N–C) groups is 1. The molecule has 4 aromatic rings. The lowest BCUT2D eigenvalue weighted by molar-refractivity contribution is -0.136. The third-order valence-electron chi connectivity index (χ3n) is 9.64. The molecule has 3 atom stereocenters. The Balaban J connectivity index is 1.40. The molecule has 6 rings (SSSR count). The van der Waals surface area contributed by atoms with Crippen molar-refractivity contribution in [2.45, 2.75) is 58.2 Å². The lowest BCUT2D eigenvalue weighted by Crippen LogP contribution is -2.51. The van der Waals surface area contributed by atoms with E-state index in [1.165, 1.54) is 0 Å². The number of halogens is 2. The van der Waals surface area contributed by atoms with Gasteiger partial charge >= 0.3 is 0 Å². The Morgan fingerprint density at radius 3 is 2.33 bits per heavy atom. The summed E-state index contributed by atoms with van der Waals surface area (Å²) >= 11 is 12.7. The molecule has 1 saturated carbocycles. The van der Waals surface area contributed by atoms with Gasteiger partial charge in [0, 0.05) is 38.6 Å². The first-order valence-electron chi connectivity index (χ1n) is 16.9. The van der Waals surface area contributed by atoms with Gasteiger partial charge in [-0.2, -0.15) is 0 Å². The number of nitrogens with two attached hydrogens (primary N) is 1. The van der Waals surface area contributed by atoms with Crippen LogP contribution in [0.5, 0.6) is 0 Å². The molecule has 3 unspecified atom stereocenters. The molecule has 1 heterocycles. The first kappa shape index (κ1) is 34.4. The van der Waals surface area contributed by atoms with Crippen LogP contribution < -0.4 is 16.0 Å². The van der Waals surface area contributed by atoms with E-state index >= 15 is 0 Å².